The molecule has 0 radical (unpaired) electrons. The number of carbonyl (C=O) groups is 3. The summed E-state index contributed by atoms with van der Waals surface area (Å²) in [4.78, 5) is 44.0. The van der Waals surface area contributed by atoms with E-state index in [1.54, 1.807) is 6.92 Å². The number of thiazole rings is 1. The minimum Gasteiger partial charge on any atom is -0.347 e. The number of benzene rings is 2. The van der Waals surface area contributed by atoms with E-state index in [-0.39, 0.29) is 41.6 Å². The van der Waals surface area contributed by atoms with Crippen LogP contribution < -0.4 is 10.2 Å². The van der Waals surface area contributed by atoms with E-state index in [4.69, 9.17) is 0 Å². The SMILES string of the molecule is Cc1nc(N2C(=O)CC(c3ccccc3)CC2=O)sc1C(=O)NCc1ccccc1. The van der Waals surface area contributed by atoms with Gasteiger partial charge in [0.1, 0.15) is 4.88 Å². The van der Waals surface area contributed by atoms with Crippen LogP contribution in [0.15, 0.2) is 60.7 Å². The average Bonchev–Trinajstić information content (AvgIpc) is 3.14. The van der Waals surface area contributed by atoms with Crippen LogP contribution in [0.1, 0.15) is 45.3 Å². The van der Waals surface area contributed by atoms with Gasteiger partial charge < -0.3 is 5.32 Å². The summed E-state index contributed by atoms with van der Waals surface area (Å²) in [6.07, 6.45) is 0.480. The van der Waals surface area contributed by atoms with Gasteiger partial charge in [-0.1, -0.05) is 72.0 Å². The summed E-state index contributed by atoms with van der Waals surface area (Å²) in [5, 5.41) is 3.13. The molecule has 1 fully saturated rings. The Kier molecular flexibility index (Phi) is 5.72. The first-order valence-electron chi connectivity index (χ1n) is 9.73. The Bertz CT molecular complexity index is 1060. The van der Waals surface area contributed by atoms with Crippen LogP contribution in [-0.2, 0) is 16.1 Å². The second-order valence-corrected chi connectivity index (χ2v) is 8.20. The molecule has 2 heterocycles. The van der Waals surface area contributed by atoms with E-state index in [0.29, 0.717) is 17.1 Å². The molecule has 152 valence electrons. The molecule has 6 nitrogen and oxygen atoms in total. The van der Waals surface area contributed by atoms with Crippen molar-refractivity contribution in [1.29, 1.82) is 0 Å². The molecule has 0 bridgehead atoms. The van der Waals surface area contributed by atoms with Crippen LogP contribution in [0.3, 0.4) is 0 Å². The van der Waals surface area contributed by atoms with Gasteiger partial charge in [-0.15, -0.1) is 0 Å². The zero-order valence-electron chi connectivity index (χ0n) is 16.5. The van der Waals surface area contributed by atoms with Crippen LogP contribution in [0.2, 0.25) is 0 Å². The van der Waals surface area contributed by atoms with Crippen molar-refractivity contribution in [1.82, 2.24) is 10.3 Å². The number of anilines is 1. The van der Waals surface area contributed by atoms with Gasteiger partial charge in [0, 0.05) is 25.3 Å². The molecule has 0 atom stereocenters. The lowest BCUT2D eigenvalue weighted by Crippen LogP contribution is -2.42. The second kappa shape index (κ2) is 8.59. The molecule has 1 saturated heterocycles. The van der Waals surface area contributed by atoms with Crippen LogP contribution >= 0.6 is 11.3 Å². The summed E-state index contributed by atoms with van der Waals surface area (Å²) < 4.78 is 0. The lowest BCUT2D eigenvalue weighted by molar-refractivity contribution is -0.129. The number of aryl methyl sites for hydroxylation is 1. The van der Waals surface area contributed by atoms with Gasteiger partial charge in [0.05, 0.1) is 5.69 Å². The van der Waals surface area contributed by atoms with Crippen molar-refractivity contribution < 1.29 is 14.4 Å². The summed E-state index contributed by atoms with van der Waals surface area (Å²) in [6.45, 7) is 2.11. The number of nitrogens with one attached hydrogen (secondary N) is 1. The zero-order chi connectivity index (χ0) is 21.1. The maximum atomic E-state index is 12.8. The molecule has 0 saturated carbocycles. The lowest BCUT2D eigenvalue weighted by Gasteiger charge is -2.28. The van der Waals surface area contributed by atoms with E-state index in [1.165, 1.54) is 0 Å². The van der Waals surface area contributed by atoms with E-state index in [0.717, 1.165) is 27.4 Å². The van der Waals surface area contributed by atoms with E-state index in [9.17, 15) is 14.4 Å². The molecule has 1 N–H and O–H groups in total. The second-order valence-electron chi connectivity index (χ2n) is 7.22. The third-order valence-electron chi connectivity index (χ3n) is 5.09. The minimum absolute atomic E-state index is 0.128. The van der Waals surface area contributed by atoms with E-state index >= 15 is 0 Å². The molecule has 7 heteroatoms. The van der Waals surface area contributed by atoms with Gasteiger partial charge in [0.2, 0.25) is 11.8 Å². The zero-order valence-corrected chi connectivity index (χ0v) is 17.3. The van der Waals surface area contributed by atoms with Gasteiger partial charge >= 0.3 is 0 Å². The Labute approximate surface area is 178 Å². The fraction of sp³-hybridized carbons (Fsp3) is 0.217. The summed E-state index contributed by atoms with van der Waals surface area (Å²) in [5.41, 5.74) is 2.48. The molecule has 0 aliphatic carbocycles. The van der Waals surface area contributed by atoms with Crippen LogP contribution in [0.4, 0.5) is 5.13 Å². The highest BCUT2D eigenvalue weighted by atomic mass is 32.1. The number of hydrogen-bond acceptors (Lipinski definition) is 5. The number of carbonyl (C=O) groups excluding carboxylic acids is 3. The predicted molar refractivity (Wildman–Crippen MR) is 115 cm³/mol. The van der Waals surface area contributed by atoms with Crippen molar-refractivity contribution in [2.24, 2.45) is 0 Å². The quantitative estimate of drug-likeness (QED) is 0.638. The molecular weight excluding hydrogens is 398 g/mol. The van der Waals surface area contributed by atoms with Gasteiger partial charge in [-0.05, 0) is 18.1 Å². The average molecular weight is 420 g/mol. The van der Waals surface area contributed by atoms with Crippen LogP contribution in [0.5, 0.6) is 0 Å². The standard InChI is InChI=1S/C23H21N3O3S/c1-15-21(22(29)24-14-16-8-4-2-5-9-16)30-23(25-15)26-19(27)12-18(13-20(26)28)17-10-6-3-7-11-17/h2-11,18H,12-14H2,1H3,(H,24,29). The van der Waals surface area contributed by atoms with Crippen molar-refractivity contribution in [2.45, 2.75) is 32.2 Å². The van der Waals surface area contributed by atoms with E-state index in [2.05, 4.69) is 10.3 Å². The summed E-state index contributed by atoms with van der Waals surface area (Å²) in [6, 6.07) is 19.2. The van der Waals surface area contributed by atoms with Gasteiger partial charge in [-0.25, -0.2) is 9.88 Å². The predicted octanol–water partition coefficient (Wildman–Crippen LogP) is 3.82. The number of imide groups is 1. The molecule has 1 aliphatic heterocycles. The highest BCUT2D eigenvalue weighted by Gasteiger charge is 2.36. The van der Waals surface area contributed by atoms with E-state index in [1.807, 2.05) is 60.7 Å². The first-order chi connectivity index (χ1) is 14.5. The molecular formula is C23H21N3O3S. The Morgan fingerprint density at radius 2 is 1.63 bits per heavy atom. The maximum Gasteiger partial charge on any atom is 0.263 e. The van der Waals surface area contributed by atoms with Crippen molar-refractivity contribution in [3.05, 3.63) is 82.4 Å². The van der Waals surface area contributed by atoms with Gasteiger partial charge in [0.15, 0.2) is 5.13 Å². The monoisotopic (exact) mass is 419 g/mol. The first-order valence-corrected chi connectivity index (χ1v) is 10.5. The molecule has 3 aromatic rings. The number of hydrogen-bond donors (Lipinski definition) is 1. The van der Waals surface area contributed by atoms with Crippen LogP contribution in [0, 0.1) is 6.92 Å². The molecule has 0 unspecified atom stereocenters. The normalized spacial score (nSPS) is 14.8. The van der Waals surface area contributed by atoms with Crippen molar-refractivity contribution >= 4 is 34.2 Å². The Balaban J connectivity index is 1.48. The topological polar surface area (TPSA) is 79.4 Å². The van der Waals surface area contributed by atoms with Crippen molar-refractivity contribution in [3.63, 3.8) is 0 Å². The molecule has 2 aromatic carbocycles. The Hall–Kier alpha value is -3.32. The minimum atomic E-state index is -0.287. The highest BCUT2D eigenvalue weighted by Crippen LogP contribution is 2.34. The van der Waals surface area contributed by atoms with E-state index < -0.39 is 0 Å². The molecule has 4 rings (SSSR count). The molecule has 3 amide bonds. The number of amides is 3. The van der Waals surface area contributed by atoms with Gasteiger partial charge in [-0.2, -0.15) is 0 Å². The number of rotatable bonds is 5. The third-order valence-corrected chi connectivity index (χ3v) is 6.23. The molecule has 0 spiro atoms. The molecule has 1 aromatic heterocycles. The summed E-state index contributed by atoms with van der Waals surface area (Å²) in [5.74, 6) is -0.966. The molecule has 1 aliphatic rings. The Morgan fingerprint density at radius 1 is 1.03 bits per heavy atom. The summed E-state index contributed by atoms with van der Waals surface area (Å²) >= 11 is 1.07. The number of aromatic nitrogens is 1. The number of nitrogens with zero attached hydrogens (tertiary/aromatic N) is 2. The molecule has 30 heavy (non-hydrogen) atoms. The van der Waals surface area contributed by atoms with Crippen LogP contribution in [0.25, 0.3) is 0 Å². The van der Waals surface area contributed by atoms with Crippen molar-refractivity contribution in [2.75, 3.05) is 4.90 Å². The van der Waals surface area contributed by atoms with Crippen LogP contribution in [-0.4, -0.2) is 22.7 Å². The largest absolute Gasteiger partial charge is 0.347 e. The Morgan fingerprint density at radius 3 is 2.27 bits per heavy atom. The van der Waals surface area contributed by atoms with Gasteiger partial charge in [-0.3, -0.25) is 14.4 Å². The fourth-order valence-corrected chi connectivity index (χ4v) is 4.55. The lowest BCUT2D eigenvalue weighted by atomic mass is 9.89. The number of piperidine rings is 1. The summed E-state index contributed by atoms with van der Waals surface area (Å²) in [7, 11) is 0. The highest BCUT2D eigenvalue weighted by molar-refractivity contribution is 7.18. The maximum absolute atomic E-state index is 12.8. The first kappa shape index (κ1) is 20.0. The fourth-order valence-electron chi connectivity index (χ4n) is 3.54. The van der Waals surface area contributed by atoms with Crippen molar-refractivity contribution in [3.8, 4) is 0 Å². The van der Waals surface area contributed by atoms with Gasteiger partial charge in [0.25, 0.3) is 5.91 Å². The smallest absolute Gasteiger partial charge is 0.263 e. The third kappa shape index (κ3) is 4.16.